The van der Waals surface area contributed by atoms with E-state index in [0.29, 0.717) is 5.69 Å². The minimum absolute atomic E-state index is 0.00162. The van der Waals surface area contributed by atoms with E-state index in [1.165, 1.54) is 6.20 Å². The molecule has 2 aromatic heterocycles. The minimum atomic E-state index is -0.614. The van der Waals surface area contributed by atoms with Crippen molar-refractivity contribution in [3.8, 4) is 0 Å². The summed E-state index contributed by atoms with van der Waals surface area (Å²) >= 11 is 0. The first-order valence-corrected chi connectivity index (χ1v) is 5.21. The highest BCUT2D eigenvalue weighted by Gasteiger charge is 2.13. The van der Waals surface area contributed by atoms with Crippen LogP contribution in [0.5, 0.6) is 0 Å². The van der Waals surface area contributed by atoms with Gasteiger partial charge in [0.15, 0.2) is 0 Å². The number of rotatable bonds is 2. The molecule has 0 spiro atoms. The third kappa shape index (κ3) is 2.42. The third-order valence-corrected chi connectivity index (χ3v) is 2.42. The number of nitrogens with two attached hydrogens (primary N) is 1. The number of hydrogen-bond donors (Lipinski definition) is 2. The zero-order chi connectivity index (χ0) is 13.1. The fourth-order valence-corrected chi connectivity index (χ4v) is 1.42. The van der Waals surface area contributed by atoms with Gasteiger partial charge in [0.1, 0.15) is 11.6 Å². The molecule has 2 heterocycles. The molecule has 1 amide bonds. The van der Waals surface area contributed by atoms with Crippen LogP contribution in [0.3, 0.4) is 0 Å². The molecule has 0 atom stereocenters. The molecule has 0 aliphatic carbocycles. The maximum Gasteiger partial charge on any atom is 0.259 e. The van der Waals surface area contributed by atoms with Crippen LogP contribution in [0.25, 0.3) is 0 Å². The van der Waals surface area contributed by atoms with E-state index in [4.69, 9.17) is 5.73 Å². The van der Waals surface area contributed by atoms with Crippen LogP contribution in [0.15, 0.2) is 30.7 Å². The van der Waals surface area contributed by atoms with Gasteiger partial charge in [-0.3, -0.25) is 9.78 Å². The number of aromatic nitrogens is 2. The fraction of sp³-hybridized carbons (Fsp3) is 0.0833. The SMILES string of the molecule is Cc1ccncc1NC(=O)c1cc(F)cnc1N. The van der Waals surface area contributed by atoms with Gasteiger partial charge in [-0.15, -0.1) is 0 Å². The number of carbonyl (C=O) groups is 1. The van der Waals surface area contributed by atoms with Crippen LogP contribution in [0, 0.1) is 12.7 Å². The van der Waals surface area contributed by atoms with Crippen LogP contribution in [0.4, 0.5) is 15.9 Å². The van der Waals surface area contributed by atoms with E-state index in [0.717, 1.165) is 17.8 Å². The van der Waals surface area contributed by atoms with Gasteiger partial charge in [0, 0.05) is 6.20 Å². The molecule has 2 aromatic rings. The minimum Gasteiger partial charge on any atom is -0.383 e. The number of amides is 1. The van der Waals surface area contributed by atoms with E-state index in [1.54, 1.807) is 12.3 Å². The first-order chi connectivity index (χ1) is 8.58. The first-order valence-electron chi connectivity index (χ1n) is 5.21. The predicted molar refractivity (Wildman–Crippen MR) is 65.5 cm³/mol. The summed E-state index contributed by atoms with van der Waals surface area (Å²) in [4.78, 5) is 19.4. The van der Waals surface area contributed by atoms with Crippen molar-refractivity contribution < 1.29 is 9.18 Å². The van der Waals surface area contributed by atoms with Crippen molar-refractivity contribution in [2.75, 3.05) is 11.1 Å². The number of nitrogen functional groups attached to an aromatic ring is 1. The highest BCUT2D eigenvalue weighted by Crippen LogP contribution is 2.16. The molecule has 0 saturated heterocycles. The standard InChI is InChI=1S/C12H11FN4O/c1-7-2-3-15-6-10(7)17-12(18)9-4-8(13)5-16-11(9)14/h2-6H,1H3,(H2,14,16)(H,17,18). The average molecular weight is 246 g/mol. The van der Waals surface area contributed by atoms with Gasteiger partial charge in [-0.05, 0) is 24.6 Å². The molecule has 18 heavy (non-hydrogen) atoms. The molecule has 0 aliphatic rings. The molecule has 0 aliphatic heterocycles. The lowest BCUT2D eigenvalue weighted by Crippen LogP contribution is -2.16. The lowest BCUT2D eigenvalue weighted by molar-refractivity contribution is 0.102. The normalized spacial score (nSPS) is 10.1. The van der Waals surface area contributed by atoms with Crippen LogP contribution in [-0.2, 0) is 0 Å². The summed E-state index contributed by atoms with van der Waals surface area (Å²) in [6.07, 6.45) is 4.08. The van der Waals surface area contributed by atoms with Gasteiger partial charge in [-0.2, -0.15) is 0 Å². The molecular formula is C12H11FN4O. The van der Waals surface area contributed by atoms with E-state index < -0.39 is 11.7 Å². The number of halogens is 1. The Morgan fingerprint density at radius 3 is 2.94 bits per heavy atom. The second-order valence-corrected chi connectivity index (χ2v) is 3.73. The molecule has 0 bridgehead atoms. The molecule has 0 fully saturated rings. The van der Waals surface area contributed by atoms with Crippen molar-refractivity contribution in [1.29, 1.82) is 0 Å². The largest absolute Gasteiger partial charge is 0.383 e. The van der Waals surface area contributed by atoms with Crippen LogP contribution in [0.2, 0.25) is 0 Å². The number of aryl methyl sites for hydroxylation is 1. The average Bonchev–Trinajstić information content (AvgIpc) is 2.35. The Labute approximate surface area is 103 Å². The highest BCUT2D eigenvalue weighted by atomic mass is 19.1. The first kappa shape index (κ1) is 12.0. The molecule has 92 valence electrons. The fourth-order valence-electron chi connectivity index (χ4n) is 1.42. The molecule has 0 radical (unpaired) electrons. The number of nitrogens with zero attached hydrogens (tertiary/aromatic N) is 2. The Kier molecular flexibility index (Phi) is 3.18. The maximum absolute atomic E-state index is 13.0. The van der Waals surface area contributed by atoms with E-state index >= 15 is 0 Å². The zero-order valence-electron chi connectivity index (χ0n) is 9.64. The zero-order valence-corrected chi connectivity index (χ0v) is 9.64. The molecule has 2 rings (SSSR count). The van der Waals surface area contributed by atoms with Gasteiger partial charge in [-0.25, -0.2) is 9.37 Å². The molecule has 6 heteroatoms. The number of pyridine rings is 2. The molecule has 0 aromatic carbocycles. The Morgan fingerprint density at radius 1 is 1.44 bits per heavy atom. The van der Waals surface area contributed by atoms with Crippen LogP contribution in [-0.4, -0.2) is 15.9 Å². The van der Waals surface area contributed by atoms with Crippen LogP contribution in [0.1, 0.15) is 15.9 Å². The van der Waals surface area contributed by atoms with Crippen molar-refractivity contribution in [2.24, 2.45) is 0 Å². The molecular weight excluding hydrogens is 235 g/mol. The summed E-state index contributed by atoms with van der Waals surface area (Å²) in [5.41, 5.74) is 6.92. The maximum atomic E-state index is 13.0. The number of anilines is 2. The van der Waals surface area contributed by atoms with Gasteiger partial charge in [0.05, 0.1) is 23.6 Å². The van der Waals surface area contributed by atoms with Gasteiger partial charge in [0.2, 0.25) is 0 Å². The lowest BCUT2D eigenvalue weighted by atomic mass is 10.2. The second kappa shape index (κ2) is 4.79. The van der Waals surface area contributed by atoms with Gasteiger partial charge in [0.25, 0.3) is 5.91 Å². The molecule has 3 N–H and O–H groups in total. The van der Waals surface area contributed by atoms with E-state index in [9.17, 15) is 9.18 Å². The predicted octanol–water partition coefficient (Wildman–Crippen LogP) is 1.76. The number of nitrogens with one attached hydrogen (secondary N) is 1. The van der Waals surface area contributed by atoms with Crippen molar-refractivity contribution in [3.05, 3.63) is 47.7 Å². The summed E-state index contributed by atoms with van der Waals surface area (Å²) in [5.74, 6) is -1.15. The Hall–Kier alpha value is -2.50. The Bertz CT molecular complexity index is 600. The van der Waals surface area contributed by atoms with Gasteiger partial charge in [-0.1, -0.05) is 0 Å². The summed E-state index contributed by atoms with van der Waals surface area (Å²) < 4.78 is 13.0. The number of hydrogen-bond acceptors (Lipinski definition) is 4. The summed E-state index contributed by atoms with van der Waals surface area (Å²) in [7, 11) is 0. The smallest absolute Gasteiger partial charge is 0.259 e. The molecule has 0 unspecified atom stereocenters. The van der Waals surface area contributed by atoms with Crippen molar-refractivity contribution >= 4 is 17.4 Å². The summed E-state index contributed by atoms with van der Waals surface area (Å²) in [6, 6.07) is 2.80. The van der Waals surface area contributed by atoms with Gasteiger partial charge < -0.3 is 11.1 Å². The molecule has 5 nitrogen and oxygen atoms in total. The summed E-state index contributed by atoms with van der Waals surface area (Å²) in [6.45, 7) is 1.82. The summed E-state index contributed by atoms with van der Waals surface area (Å²) in [5, 5.41) is 2.61. The van der Waals surface area contributed by atoms with Crippen LogP contribution >= 0.6 is 0 Å². The van der Waals surface area contributed by atoms with E-state index in [2.05, 4.69) is 15.3 Å². The lowest BCUT2D eigenvalue weighted by Gasteiger charge is -2.08. The Morgan fingerprint density at radius 2 is 2.22 bits per heavy atom. The van der Waals surface area contributed by atoms with Gasteiger partial charge >= 0.3 is 0 Å². The van der Waals surface area contributed by atoms with E-state index in [1.807, 2.05) is 6.92 Å². The molecule has 0 saturated carbocycles. The third-order valence-electron chi connectivity index (χ3n) is 2.42. The highest BCUT2D eigenvalue weighted by molar-refractivity contribution is 6.07. The van der Waals surface area contributed by atoms with E-state index in [-0.39, 0.29) is 11.4 Å². The van der Waals surface area contributed by atoms with Crippen molar-refractivity contribution in [3.63, 3.8) is 0 Å². The van der Waals surface area contributed by atoms with Crippen LogP contribution < -0.4 is 11.1 Å². The second-order valence-electron chi connectivity index (χ2n) is 3.73. The van der Waals surface area contributed by atoms with Crippen molar-refractivity contribution in [2.45, 2.75) is 6.92 Å². The van der Waals surface area contributed by atoms with Crippen molar-refractivity contribution in [1.82, 2.24) is 9.97 Å². The topological polar surface area (TPSA) is 80.9 Å². The quantitative estimate of drug-likeness (QED) is 0.846. The Balaban J connectivity index is 2.28. The number of carbonyl (C=O) groups excluding carboxylic acids is 1. The monoisotopic (exact) mass is 246 g/mol.